The molecule has 0 radical (unpaired) electrons. The monoisotopic (exact) mass is 356 g/mol. The summed E-state index contributed by atoms with van der Waals surface area (Å²) in [6.45, 7) is 11.3. The molecule has 0 aromatic carbocycles. The van der Waals surface area contributed by atoms with Gasteiger partial charge in [-0.1, -0.05) is 73.2 Å². The third kappa shape index (κ3) is 2.35. The first-order valence-corrected chi connectivity index (χ1v) is 8.62. The Morgan fingerprint density at radius 2 is 2.17 bits per heavy atom. The van der Waals surface area contributed by atoms with Crippen LogP contribution in [0, 0.1) is 29.1 Å². The minimum Gasteiger partial charge on any atom is -0.103 e. The van der Waals surface area contributed by atoms with Crippen LogP contribution in [-0.2, 0) is 0 Å². The number of alkyl halides is 1. The molecule has 100 valence electrons. The Bertz CT molecular complexity index is 375. The van der Waals surface area contributed by atoms with E-state index in [1.807, 2.05) is 0 Å². The van der Waals surface area contributed by atoms with Gasteiger partial charge in [0.1, 0.15) is 0 Å². The van der Waals surface area contributed by atoms with E-state index >= 15 is 0 Å². The average Bonchev–Trinajstić information content (AvgIpc) is 2.54. The fraction of sp³-hybridized carbons (Fsp3) is 0.647. The molecule has 4 atom stereocenters. The first kappa shape index (κ1) is 14.4. The Kier molecular flexibility index (Phi) is 4.40. The van der Waals surface area contributed by atoms with E-state index in [-0.39, 0.29) is 0 Å². The Balaban J connectivity index is 2.40. The second-order valence-corrected chi connectivity index (χ2v) is 7.31. The van der Waals surface area contributed by atoms with E-state index in [1.54, 1.807) is 5.57 Å². The third-order valence-corrected chi connectivity index (χ3v) is 5.46. The van der Waals surface area contributed by atoms with Crippen LogP contribution in [0.4, 0.5) is 0 Å². The highest BCUT2D eigenvalue weighted by Crippen LogP contribution is 2.58. The Morgan fingerprint density at radius 1 is 1.44 bits per heavy atom. The van der Waals surface area contributed by atoms with E-state index in [4.69, 9.17) is 0 Å². The van der Waals surface area contributed by atoms with Gasteiger partial charge in [0.2, 0.25) is 0 Å². The molecule has 0 amide bonds. The standard InChI is InChI=1S/C17H25I/c1-5-15-13(7-6-10-18)14-9-8-12(2)11-16(14)17(15,3)4/h5-7,11-15H,1,8-10H2,2-4H3/b7-6-/t12?,13?,14-,15?/m1/s1. The van der Waals surface area contributed by atoms with Crippen molar-refractivity contribution in [3.05, 3.63) is 36.5 Å². The summed E-state index contributed by atoms with van der Waals surface area (Å²) < 4.78 is 1.11. The summed E-state index contributed by atoms with van der Waals surface area (Å²) in [7, 11) is 0. The maximum absolute atomic E-state index is 4.11. The number of hydrogen-bond acceptors (Lipinski definition) is 0. The first-order chi connectivity index (χ1) is 8.52. The molecule has 0 nitrogen and oxygen atoms in total. The number of fused-ring (bicyclic) bond motifs is 1. The zero-order valence-corrected chi connectivity index (χ0v) is 14.0. The summed E-state index contributed by atoms with van der Waals surface area (Å²) in [5.74, 6) is 2.79. The predicted octanol–water partition coefficient (Wildman–Crippen LogP) is 5.41. The van der Waals surface area contributed by atoms with Gasteiger partial charge in [0, 0.05) is 4.43 Å². The minimum absolute atomic E-state index is 0.293. The summed E-state index contributed by atoms with van der Waals surface area (Å²) in [5.41, 5.74) is 2.00. The van der Waals surface area contributed by atoms with Crippen LogP contribution in [0.3, 0.4) is 0 Å². The molecule has 2 rings (SSSR count). The normalized spacial score (nSPS) is 38.6. The van der Waals surface area contributed by atoms with Crippen LogP contribution >= 0.6 is 22.6 Å². The molecule has 18 heavy (non-hydrogen) atoms. The summed E-state index contributed by atoms with van der Waals surface area (Å²) in [5, 5.41) is 0. The molecular formula is C17H25I. The van der Waals surface area contributed by atoms with Crippen molar-refractivity contribution in [3.8, 4) is 0 Å². The first-order valence-electron chi connectivity index (χ1n) is 7.09. The smallest absolute Gasteiger partial charge is 0.0176 e. The second-order valence-electron chi connectivity index (χ2n) is 6.43. The lowest BCUT2D eigenvalue weighted by Crippen LogP contribution is -2.20. The average molecular weight is 356 g/mol. The maximum atomic E-state index is 4.11. The fourth-order valence-electron chi connectivity index (χ4n) is 4.04. The van der Waals surface area contributed by atoms with Crippen LogP contribution < -0.4 is 0 Å². The van der Waals surface area contributed by atoms with Gasteiger partial charge < -0.3 is 0 Å². The number of allylic oxidation sites excluding steroid dienone is 5. The van der Waals surface area contributed by atoms with Gasteiger partial charge in [0.15, 0.2) is 0 Å². The van der Waals surface area contributed by atoms with Crippen LogP contribution in [0.15, 0.2) is 36.5 Å². The molecule has 0 aromatic rings. The van der Waals surface area contributed by atoms with Gasteiger partial charge in [0.25, 0.3) is 0 Å². The van der Waals surface area contributed by atoms with Crippen molar-refractivity contribution in [1.82, 2.24) is 0 Å². The van der Waals surface area contributed by atoms with Crippen molar-refractivity contribution in [3.63, 3.8) is 0 Å². The lowest BCUT2D eigenvalue weighted by Gasteiger charge is -2.30. The van der Waals surface area contributed by atoms with Gasteiger partial charge in [-0.15, -0.1) is 6.58 Å². The largest absolute Gasteiger partial charge is 0.103 e. The molecule has 3 unspecified atom stereocenters. The molecule has 1 fully saturated rings. The molecule has 0 saturated heterocycles. The van der Waals surface area contributed by atoms with E-state index < -0.39 is 0 Å². The quantitative estimate of drug-likeness (QED) is 0.360. The number of halogens is 1. The van der Waals surface area contributed by atoms with Gasteiger partial charge >= 0.3 is 0 Å². The van der Waals surface area contributed by atoms with Gasteiger partial charge in [-0.25, -0.2) is 0 Å². The van der Waals surface area contributed by atoms with E-state index in [0.717, 1.165) is 16.3 Å². The zero-order chi connectivity index (χ0) is 13.3. The van der Waals surface area contributed by atoms with E-state index in [9.17, 15) is 0 Å². The molecular weight excluding hydrogens is 331 g/mol. The van der Waals surface area contributed by atoms with Gasteiger partial charge in [-0.05, 0) is 41.9 Å². The molecule has 0 heterocycles. The Hall–Kier alpha value is -0.0500. The fourth-order valence-corrected chi connectivity index (χ4v) is 4.34. The highest BCUT2D eigenvalue weighted by Gasteiger charge is 2.49. The number of hydrogen-bond donors (Lipinski definition) is 0. The molecule has 2 aliphatic carbocycles. The van der Waals surface area contributed by atoms with Gasteiger partial charge in [-0.2, -0.15) is 0 Å². The third-order valence-electron chi connectivity index (χ3n) is 4.95. The molecule has 2 aliphatic rings. The van der Waals surface area contributed by atoms with Crippen molar-refractivity contribution in [2.45, 2.75) is 33.6 Å². The molecule has 0 N–H and O–H groups in total. The summed E-state index contributed by atoms with van der Waals surface area (Å²) >= 11 is 2.43. The summed E-state index contributed by atoms with van der Waals surface area (Å²) in [6.07, 6.45) is 12.3. The molecule has 0 aliphatic heterocycles. The second kappa shape index (κ2) is 5.52. The van der Waals surface area contributed by atoms with Crippen molar-refractivity contribution in [1.29, 1.82) is 0 Å². The van der Waals surface area contributed by atoms with Crippen molar-refractivity contribution < 1.29 is 0 Å². The highest BCUT2D eigenvalue weighted by atomic mass is 127. The van der Waals surface area contributed by atoms with Crippen molar-refractivity contribution in [2.24, 2.45) is 29.1 Å². The SMILES string of the molecule is C=CC1C(/C=C\CI)[C@H]2CCC(C)C=C2C1(C)C. The Morgan fingerprint density at radius 3 is 2.78 bits per heavy atom. The van der Waals surface area contributed by atoms with E-state index in [1.165, 1.54) is 12.8 Å². The minimum atomic E-state index is 0.293. The summed E-state index contributed by atoms with van der Waals surface area (Å²) in [4.78, 5) is 0. The Labute approximate surface area is 126 Å². The van der Waals surface area contributed by atoms with E-state index in [0.29, 0.717) is 17.3 Å². The molecule has 1 saturated carbocycles. The topological polar surface area (TPSA) is 0 Å². The number of rotatable bonds is 3. The molecule has 0 aromatic heterocycles. The van der Waals surface area contributed by atoms with Crippen molar-refractivity contribution >= 4 is 22.6 Å². The van der Waals surface area contributed by atoms with Crippen LogP contribution in [0.25, 0.3) is 0 Å². The van der Waals surface area contributed by atoms with Gasteiger partial charge in [-0.3, -0.25) is 0 Å². The zero-order valence-electron chi connectivity index (χ0n) is 11.8. The highest BCUT2D eigenvalue weighted by molar-refractivity contribution is 14.1. The van der Waals surface area contributed by atoms with Crippen LogP contribution in [0.1, 0.15) is 33.6 Å². The maximum Gasteiger partial charge on any atom is 0.0176 e. The summed E-state index contributed by atoms with van der Waals surface area (Å²) in [6, 6.07) is 0. The van der Waals surface area contributed by atoms with Crippen LogP contribution in [-0.4, -0.2) is 4.43 Å². The predicted molar refractivity (Wildman–Crippen MR) is 89.0 cm³/mol. The van der Waals surface area contributed by atoms with Crippen LogP contribution in [0.5, 0.6) is 0 Å². The molecule has 0 spiro atoms. The molecule has 1 heteroatoms. The lowest BCUT2D eigenvalue weighted by atomic mass is 9.74. The molecule has 0 bridgehead atoms. The van der Waals surface area contributed by atoms with Crippen molar-refractivity contribution in [2.75, 3.05) is 4.43 Å². The van der Waals surface area contributed by atoms with Gasteiger partial charge in [0.05, 0.1) is 0 Å². The van der Waals surface area contributed by atoms with E-state index in [2.05, 4.69) is 74.2 Å². The van der Waals surface area contributed by atoms with Crippen LogP contribution in [0.2, 0.25) is 0 Å². The lowest BCUT2D eigenvalue weighted by molar-refractivity contribution is 0.322.